The van der Waals surface area contributed by atoms with Gasteiger partial charge in [0.25, 0.3) is 5.91 Å². The Kier molecular flexibility index (Phi) is 5.50. The van der Waals surface area contributed by atoms with Crippen LogP contribution < -0.4 is 0 Å². The van der Waals surface area contributed by atoms with Crippen LogP contribution in [0.4, 0.5) is 4.39 Å². The highest BCUT2D eigenvalue weighted by molar-refractivity contribution is 5.95. The lowest BCUT2D eigenvalue weighted by atomic mass is 10.0. The fourth-order valence-corrected chi connectivity index (χ4v) is 2.56. The van der Waals surface area contributed by atoms with Crippen LogP contribution in [0.3, 0.4) is 0 Å². The summed E-state index contributed by atoms with van der Waals surface area (Å²) >= 11 is 0. The molecular formula is C17H22FN3O2. The van der Waals surface area contributed by atoms with E-state index in [1.165, 1.54) is 12.1 Å². The van der Waals surface area contributed by atoms with Crippen LogP contribution in [0.2, 0.25) is 0 Å². The van der Waals surface area contributed by atoms with Crippen LogP contribution in [0.5, 0.6) is 0 Å². The lowest BCUT2D eigenvalue weighted by Gasteiger charge is -2.20. The highest BCUT2D eigenvalue weighted by Gasteiger charge is 2.24. The molecule has 1 N–H and O–H groups in total. The van der Waals surface area contributed by atoms with Crippen molar-refractivity contribution >= 4 is 5.91 Å². The number of rotatable bonds is 6. The van der Waals surface area contributed by atoms with Crippen molar-refractivity contribution in [1.82, 2.24) is 14.7 Å². The number of aliphatic hydroxyl groups excluding tert-OH is 1. The minimum absolute atomic E-state index is 0.0642. The maximum absolute atomic E-state index is 13.1. The van der Waals surface area contributed by atoms with Gasteiger partial charge in [0.05, 0.1) is 29.7 Å². The summed E-state index contributed by atoms with van der Waals surface area (Å²) in [6.45, 7) is 6.55. The Morgan fingerprint density at radius 1 is 1.35 bits per heavy atom. The van der Waals surface area contributed by atoms with Gasteiger partial charge in [-0.3, -0.25) is 4.79 Å². The van der Waals surface area contributed by atoms with E-state index >= 15 is 0 Å². The standard InChI is InChI=1S/C17H22FN3O2/c1-4-20(9-10-22)17(23)15-11-19-21(16(15)12(2)3)14-7-5-13(18)6-8-14/h5-8,11-12,22H,4,9-10H2,1-3H3. The van der Waals surface area contributed by atoms with Crippen LogP contribution in [0, 0.1) is 5.82 Å². The van der Waals surface area contributed by atoms with E-state index in [4.69, 9.17) is 5.11 Å². The van der Waals surface area contributed by atoms with Crippen LogP contribution in [0.1, 0.15) is 42.7 Å². The van der Waals surface area contributed by atoms with Crippen molar-refractivity contribution in [2.75, 3.05) is 19.7 Å². The zero-order chi connectivity index (χ0) is 17.0. The first-order valence-corrected chi connectivity index (χ1v) is 7.73. The summed E-state index contributed by atoms with van der Waals surface area (Å²) in [5, 5.41) is 13.4. The number of amides is 1. The van der Waals surface area contributed by atoms with Gasteiger partial charge < -0.3 is 10.0 Å². The number of nitrogens with zero attached hydrogens (tertiary/aromatic N) is 3. The van der Waals surface area contributed by atoms with Gasteiger partial charge in [0.1, 0.15) is 5.82 Å². The molecule has 1 amide bonds. The van der Waals surface area contributed by atoms with Crippen molar-refractivity contribution in [3.63, 3.8) is 0 Å². The minimum Gasteiger partial charge on any atom is -0.395 e. The molecule has 0 aliphatic rings. The van der Waals surface area contributed by atoms with Crippen molar-refractivity contribution in [2.45, 2.75) is 26.7 Å². The van der Waals surface area contributed by atoms with E-state index < -0.39 is 0 Å². The molecule has 6 heteroatoms. The smallest absolute Gasteiger partial charge is 0.257 e. The monoisotopic (exact) mass is 319 g/mol. The first-order valence-electron chi connectivity index (χ1n) is 7.73. The zero-order valence-electron chi connectivity index (χ0n) is 13.7. The number of carbonyl (C=O) groups excluding carboxylic acids is 1. The topological polar surface area (TPSA) is 58.4 Å². The molecule has 0 aliphatic heterocycles. The highest BCUT2D eigenvalue weighted by atomic mass is 19.1. The Hall–Kier alpha value is -2.21. The molecule has 0 atom stereocenters. The summed E-state index contributed by atoms with van der Waals surface area (Å²) in [6, 6.07) is 6.00. The van der Waals surface area contributed by atoms with Crippen LogP contribution in [0.15, 0.2) is 30.5 Å². The molecule has 1 aromatic heterocycles. The van der Waals surface area contributed by atoms with E-state index in [1.54, 1.807) is 27.9 Å². The molecule has 124 valence electrons. The third kappa shape index (κ3) is 3.59. The van der Waals surface area contributed by atoms with Crippen molar-refractivity contribution in [2.24, 2.45) is 0 Å². The van der Waals surface area contributed by atoms with E-state index in [2.05, 4.69) is 5.10 Å². The maximum atomic E-state index is 13.1. The summed E-state index contributed by atoms with van der Waals surface area (Å²) in [7, 11) is 0. The lowest BCUT2D eigenvalue weighted by molar-refractivity contribution is 0.0730. The van der Waals surface area contributed by atoms with E-state index in [1.807, 2.05) is 20.8 Å². The quantitative estimate of drug-likeness (QED) is 0.890. The number of benzene rings is 1. The molecule has 0 fully saturated rings. The molecule has 0 radical (unpaired) electrons. The molecule has 2 aromatic rings. The molecule has 0 spiro atoms. The number of likely N-dealkylation sites (N-methyl/N-ethyl adjacent to an activating group) is 1. The van der Waals surface area contributed by atoms with Crippen molar-refractivity contribution < 1.29 is 14.3 Å². The van der Waals surface area contributed by atoms with Gasteiger partial charge in [-0.05, 0) is 37.1 Å². The van der Waals surface area contributed by atoms with Crippen LogP contribution in [-0.2, 0) is 0 Å². The van der Waals surface area contributed by atoms with Gasteiger partial charge in [0.2, 0.25) is 0 Å². The molecule has 1 heterocycles. The second-order valence-corrected chi connectivity index (χ2v) is 5.59. The highest BCUT2D eigenvalue weighted by Crippen LogP contribution is 2.24. The van der Waals surface area contributed by atoms with E-state index in [-0.39, 0.29) is 30.8 Å². The summed E-state index contributed by atoms with van der Waals surface area (Å²) in [6.07, 6.45) is 1.54. The van der Waals surface area contributed by atoms with Gasteiger partial charge in [-0.2, -0.15) is 5.10 Å². The van der Waals surface area contributed by atoms with Gasteiger partial charge >= 0.3 is 0 Å². The number of aliphatic hydroxyl groups is 1. The summed E-state index contributed by atoms with van der Waals surface area (Å²) in [4.78, 5) is 14.3. The maximum Gasteiger partial charge on any atom is 0.257 e. The zero-order valence-corrected chi connectivity index (χ0v) is 13.7. The summed E-state index contributed by atoms with van der Waals surface area (Å²) in [5.74, 6) is -0.406. The summed E-state index contributed by atoms with van der Waals surface area (Å²) < 4.78 is 14.8. The number of aromatic nitrogens is 2. The van der Waals surface area contributed by atoms with Gasteiger partial charge in [-0.1, -0.05) is 13.8 Å². The second kappa shape index (κ2) is 7.37. The number of carbonyl (C=O) groups is 1. The molecule has 1 aromatic carbocycles. The van der Waals surface area contributed by atoms with Crippen LogP contribution >= 0.6 is 0 Å². The van der Waals surface area contributed by atoms with Crippen molar-refractivity contribution in [1.29, 1.82) is 0 Å². The van der Waals surface area contributed by atoms with E-state index in [9.17, 15) is 9.18 Å². The largest absolute Gasteiger partial charge is 0.395 e. The lowest BCUT2D eigenvalue weighted by Crippen LogP contribution is -2.33. The van der Waals surface area contributed by atoms with Gasteiger partial charge in [0.15, 0.2) is 0 Å². The van der Waals surface area contributed by atoms with Crippen molar-refractivity contribution in [3.05, 3.63) is 47.5 Å². The predicted molar refractivity (Wildman–Crippen MR) is 86.3 cm³/mol. The molecule has 0 aliphatic carbocycles. The minimum atomic E-state index is -0.316. The molecule has 5 nitrogen and oxygen atoms in total. The predicted octanol–water partition coefficient (Wildman–Crippen LogP) is 2.59. The third-order valence-corrected chi connectivity index (χ3v) is 3.69. The summed E-state index contributed by atoms with van der Waals surface area (Å²) in [5.41, 5.74) is 2.00. The molecule has 2 rings (SSSR count). The fourth-order valence-electron chi connectivity index (χ4n) is 2.56. The Morgan fingerprint density at radius 3 is 2.52 bits per heavy atom. The van der Waals surface area contributed by atoms with Crippen molar-refractivity contribution in [3.8, 4) is 5.69 Å². The van der Waals surface area contributed by atoms with Crippen LogP contribution in [-0.4, -0.2) is 45.4 Å². The normalized spacial score (nSPS) is 11.0. The first kappa shape index (κ1) is 17.1. The van der Waals surface area contributed by atoms with Gasteiger partial charge in [0, 0.05) is 13.1 Å². The molecule has 0 unspecified atom stereocenters. The Bertz CT molecular complexity index is 665. The van der Waals surface area contributed by atoms with E-state index in [0.717, 1.165) is 5.69 Å². The molecule has 0 bridgehead atoms. The SMILES string of the molecule is CCN(CCO)C(=O)c1cnn(-c2ccc(F)cc2)c1C(C)C. The Morgan fingerprint density at radius 2 is 2.00 bits per heavy atom. The average molecular weight is 319 g/mol. The molecule has 0 saturated heterocycles. The molecule has 23 heavy (non-hydrogen) atoms. The second-order valence-electron chi connectivity index (χ2n) is 5.59. The average Bonchev–Trinajstić information content (AvgIpc) is 2.97. The van der Waals surface area contributed by atoms with Gasteiger partial charge in [-0.15, -0.1) is 0 Å². The Balaban J connectivity index is 2.46. The Labute approximate surface area is 135 Å². The molecular weight excluding hydrogens is 297 g/mol. The van der Waals surface area contributed by atoms with Crippen LogP contribution in [0.25, 0.3) is 5.69 Å². The number of hydrogen-bond donors (Lipinski definition) is 1. The fraction of sp³-hybridized carbons (Fsp3) is 0.412. The third-order valence-electron chi connectivity index (χ3n) is 3.69. The van der Waals surface area contributed by atoms with Gasteiger partial charge in [-0.25, -0.2) is 9.07 Å². The number of halogens is 1. The first-order chi connectivity index (χ1) is 11.0. The molecule has 0 saturated carbocycles. The number of hydrogen-bond acceptors (Lipinski definition) is 3. The van der Waals surface area contributed by atoms with E-state index in [0.29, 0.717) is 17.8 Å².